The highest BCUT2D eigenvalue weighted by Gasteiger charge is 2.24. The molecule has 0 heterocycles. The summed E-state index contributed by atoms with van der Waals surface area (Å²) in [5, 5.41) is 12.6. The number of hydrogen-bond acceptors (Lipinski definition) is 8. The van der Waals surface area contributed by atoms with E-state index in [2.05, 4.69) is 9.71 Å². The van der Waals surface area contributed by atoms with Crippen LogP contribution in [0.3, 0.4) is 0 Å². The van der Waals surface area contributed by atoms with E-state index in [1.807, 2.05) is 0 Å². The standard InChI is InChI=1S/C18H23ClN4O5S.N2/c1-27-15-9-11-5-6-13(8-12(11)10-16(15)28-2)29(25,26)23-14(17(19)24)4-3-7-22-18(20)21;1-2/h5-6,8-10,14,23H,3-4,7H2,1-2H3,(H4,20,21,22);/t14-;/m0./s1. The topological polar surface area (TPSA) is 194 Å². The number of nitrogens with zero attached hydrogens (tertiary/aromatic N) is 3. The lowest BCUT2D eigenvalue weighted by Crippen LogP contribution is -2.39. The van der Waals surface area contributed by atoms with Gasteiger partial charge in [-0.3, -0.25) is 9.79 Å². The molecule has 0 saturated heterocycles. The molecule has 0 saturated carbocycles. The number of nitrogens with one attached hydrogen (secondary N) is 1. The first kappa shape index (κ1) is 25.9. The zero-order chi connectivity index (χ0) is 23.6. The van der Waals surface area contributed by atoms with Crippen LogP contribution >= 0.6 is 11.6 Å². The number of carbonyl (C=O) groups is 1. The van der Waals surface area contributed by atoms with Crippen LogP contribution < -0.4 is 25.7 Å². The molecule has 0 fully saturated rings. The Bertz CT molecular complexity index is 1070. The van der Waals surface area contributed by atoms with E-state index in [4.69, 9.17) is 43.3 Å². The summed E-state index contributed by atoms with van der Waals surface area (Å²) in [6.07, 6.45) is 0.523. The molecule has 0 aromatic heterocycles. The second-order valence-electron chi connectivity index (χ2n) is 6.14. The maximum Gasteiger partial charge on any atom is 0.241 e. The van der Waals surface area contributed by atoms with Gasteiger partial charge in [-0.2, -0.15) is 4.72 Å². The molecule has 11 nitrogen and oxygen atoms in total. The summed E-state index contributed by atoms with van der Waals surface area (Å²) in [5.41, 5.74) is 10.5. The fourth-order valence-corrected chi connectivity index (χ4v) is 4.19. The van der Waals surface area contributed by atoms with Gasteiger partial charge in [-0.1, -0.05) is 6.07 Å². The average Bonchev–Trinajstić information content (AvgIpc) is 2.75. The molecule has 0 amide bonds. The first-order valence-corrected chi connectivity index (χ1v) is 10.7. The van der Waals surface area contributed by atoms with Crippen molar-refractivity contribution in [1.82, 2.24) is 4.72 Å². The predicted octanol–water partition coefficient (Wildman–Crippen LogP) is 1.35. The Balaban J connectivity index is 0.00000233. The predicted molar refractivity (Wildman–Crippen MR) is 115 cm³/mol. The number of halogens is 1. The lowest BCUT2D eigenvalue weighted by atomic mass is 10.1. The van der Waals surface area contributed by atoms with E-state index < -0.39 is 21.3 Å². The number of carbonyl (C=O) groups excluding carboxylic acids is 1. The Kier molecular flexibility index (Phi) is 9.94. The second-order valence-corrected chi connectivity index (χ2v) is 8.23. The normalized spacial score (nSPS) is 11.6. The molecule has 168 valence electrons. The van der Waals surface area contributed by atoms with Crippen molar-refractivity contribution in [3.05, 3.63) is 30.3 Å². The van der Waals surface area contributed by atoms with Crippen molar-refractivity contribution in [1.29, 1.82) is 10.8 Å². The highest BCUT2D eigenvalue weighted by Crippen LogP contribution is 2.33. The van der Waals surface area contributed by atoms with Crippen LogP contribution in [0.25, 0.3) is 10.8 Å². The van der Waals surface area contributed by atoms with Crippen LogP contribution in [0.2, 0.25) is 0 Å². The van der Waals surface area contributed by atoms with E-state index in [0.29, 0.717) is 23.3 Å². The Morgan fingerprint density at radius 3 is 2.23 bits per heavy atom. The molecule has 2 aromatic rings. The zero-order valence-electron chi connectivity index (χ0n) is 16.9. The molecule has 0 spiro atoms. The average molecular weight is 471 g/mol. The number of rotatable bonds is 10. The Morgan fingerprint density at radius 2 is 1.71 bits per heavy atom. The second kappa shape index (κ2) is 11.9. The number of ether oxygens (including phenoxy) is 2. The lowest BCUT2D eigenvalue weighted by Gasteiger charge is -2.15. The lowest BCUT2D eigenvalue weighted by molar-refractivity contribution is -0.113. The molecule has 5 N–H and O–H groups in total. The smallest absolute Gasteiger partial charge is 0.241 e. The van der Waals surface area contributed by atoms with E-state index in [9.17, 15) is 13.2 Å². The van der Waals surface area contributed by atoms with Crippen LogP contribution in [0.1, 0.15) is 12.8 Å². The third-order valence-corrected chi connectivity index (χ3v) is 5.87. The number of aliphatic imine (C=N–C) groups is 1. The van der Waals surface area contributed by atoms with Gasteiger partial charge in [0, 0.05) is 17.3 Å². The van der Waals surface area contributed by atoms with E-state index in [1.54, 1.807) is 18.2 Å². The van der Waals surface area contributed by atoms with E-state index in [-0.39, 0.29) is 23.8 Å². The fraction of sp³-hybridized carbons (Fsp3) is 0.333. The van der Waals surface area contributed by atoms with Gasteiger partial charge in [0.2, 0.25) is 15.3 Å². The zero-order valence-corrected chi connectivity index (χ0v) is 18.5. The molecule has 0 bridgehead atoms. The Morgan fingerprint density at radius 1 is 1.13 bits per heavy atom. The highest BCUT2D eigenvalue weighted by atomic mass is 35.5. The maximum atomic E-state index is 12.8. The van der Waals surface area contributed by atoms with Crippen molar-refractivity contribution in [3.63, 3.8) is 0 Å². The number of methoxy groups -OCH3 is 2. The summed E-state index contributed by atoms with van der Waals surface area (Å²) >= 11 is 5.57. The first-order valence-electron chi connectivity index (χ1n) is 8.80. The third-order valence-electron chi connectivity index (χ3n) is 4.14. The van der Waals surface area contributed by atoms with Crippen molar-refractivity contribution in [3.8, 4) is 11.5 Å². The maximum absolute atomic E-state index is 12.8. The Labute approximate surface area is 184 Å². The van der Waals surface area contributed by atoms with Crippen LogP contribution in [0.15, 0.2) is 40.2 Å². The van der Waals surface area contributed by atoms with Gasteiger partial charge in [-0.05, 0) is 59.5 Å². The van der Waals surface area contributed by atoms with Crippen molar-refractivity contribution >= 4 is 43.6 Å². The van der Waals surface area contributed by atoms with Crippen molar-refractivity contribution in [2.45, 2.75) is 23.8 Å². The summed E-state index contributed by atoms with van der Waals surface area (Å²) in [4.78, 5) is 15.5. The van der Waals surface area contributed by atoms with E-state index in [1.165, 1.54) is 26.4 Å². The SMILES string of the molecule is COc1cc2ccc(S(=O)(=O)N[C@@H](CCCN=C(N)N)C(=O)Cl)cc2cc1OC.N#N. The molecule has 0 aliphatic rings. The summed E-state index contributed by atoms with van der Waals surface area (Å²) in [5.74, 6) is 0.918. The summed E-state index contributed by atoms with van der Waals surface area (Å²) in [6.45, 7) is 0.252. The van der Waals surface area contributed by atoms with Crippen molar-refractivity contribution in [2.24, 2.45) is 16.5 Å². The minimum absolute atomic E-state index is 0.00985. The number of sulfonamides is 1. The fourth-order valence-electron chi connectivity index (χ4n) is 2.70. The van der Waals surface area contributed by atoms with E-state index in [0.717, 1.165) is 5.39 Å². The van der Waals surface area contributed by atoms with Gasteiger partial charge in [0.1, 0.15) is 0 Å². The van der Waals surface area contributed by atoms with Crippen LogP contribution in [0, 0.1) is 10.8 Å². The first-order chi connectivity index (χ1) is 14.7. The number of guanidine groups is 1. The molecule has 1 atom stereocenters. The molecule has 0 unspecified atom stereocenters. The molecule has 2 rings (SSSR count). The quantitative estimate of drug-likeness (QED) is 0.151. The monoisotopic (exact) mass is 470 g/mol. The highest BCUT2D eigenvalue weighted by molar-refractivity contribution is 7.89. The summed E-state index contributed by atoms with van der Waals surface area (Å²) in [7, 11) is -0.990. The molecule has 31 heavy (non-hydrogen) atoms. The number of hydrogen-bond donors (Lipinski definition) is 3. The number of benzene rings is 2. The largest absolute Gasteiger partial charge is 0.493 e. The van der Waals surface area contributed by atoms with Crippen LogP contribution in [0.4, 0.5) is 0 Å². The van der Waals surface area contributed by atoms with Gasteiger partial charge in [0.15, 0.2) is 17.5 Å². The molecule has 0 aliphatic carbocycles. The van der Waals surface area contributed by atoms with Crippen LogP contribution in [0.5, 0.6) is 11.5 Å². The Hall–Kier alpha value is -3.14. The minimum atomic E-state index is -4.00. The van der Waals surface area contributed by atoms with Gasteiger partial charge in [0.25, 0.3) is 0 Å². The minimum Gasteiger partial charge on any atom is -0.493 e. The molecular formula is C18H23ClN6O5S. The van der Waals surface area contributed by atoms with Gasteiger partial charge in [-0.25, -0.2) is 8.42 Å². The number of nitrogens with two attached hydrogens (primary N) is 2. The van der Waals surface area contributed by atoms with Gasteiger partial charge in [0.05, 0.1) is 25.2 Å². The summed E-state index contributed by atoms with van der Waals surface area (Å²) in [6, 6.07) is 6.87. The van der Waals surface area contributed by atoms with E-state index >= 15 is 0 Å². The summed E-state index contributed by atoms with van der Waals surface area (Å²) < 4.78 is 38.4. The molecule has 13 heteroatoms. The molecule has 2 aromatic carbocycles. The van der Waals surface area contributed by atoms with Crippen LogP contribution in [-0.2, 0) is 14.8 Å². The van der Waals surface area contributed by atoms with Gasteiger partial charge >= 0.3 is 0 Å². The van der Waals surface area contributed by atoms with Crippen LogP contribution in [-0.4, -0.2) is 46.4 Å². The van der Waals surface area contributed by atoms with Crippen molar-refractivity contribution in [2.75, 3.05) is 20.8 Å². The molecule has 0 radical (unpaired) electrons. The number of fused-ring (bicyclic) bond motifs is 1. The third kappa shape index (κ3) is 7.25. The van der Waals surface area contributed by atoms with Gasteiger partial charge < -0.3 is 20.9 Å². The molecular weight excluding hydrogens is 448 g/mol. The van der Waals surface area contributed by atoms with Gasteiger partial charge in [-0.15, -0.1) is 0 Å². The van der Waals surface area contributed by atoms with Crippen molar-refractivity contribution < 1.29 is 22.7 Å². The molecule has 0 aliphatic heterocycles.